The summed E-state index contributed by atoms with van der Waals surface area (Å²) in [5, 5.41) is 3.19. The van der Waals surface area contributed by atoms with Crippen LogP contribution in [0.1, 0.15) is 5.56 Å². The Morgan fingerprint density at radius 3 is 3.10 bits per heavy atom. The molecule has 0 bridgehead atoms. The van der Waals surface area contributed by atoms with Crippen LogP contribution in [0.3, 0.4) is 0 Å². The highest BCUT2D eigenvalue weighted by Gasteiger charge is 2.17. The molecule has 0 saturated heterocycles. The summed E-state index contributed by atoms with van der Waals surface area (Å²) in [7, 11) is -3.46. The molecule has 1 aromatic heterocycles. The minimum atomic E-state index is -3.46. The first-order valence-electron chi connectivity index (χ1n) is 6.47. The average Bonchev–Trinajstić information content (AvgIpc) is 3.08. The van der Waals surface area contributed by atoms with Gasteiger partial charge in [0.15, 0.2) is 0 Å². The minimum absolute atomic E-state index is 0.302. The predicted molar refractivity (Wildman–Crippen MR) is 76.1 cm³/mol. The molecule has 1 aliphatic rings. The molecule has 0 atom stereocenters. The molecule has 0 fully saturated rings. The summed E-state index contributed by atoms with van der Waals surface area (Å²) in [6, 6.07) is 5.23. The zero-order chi connectivity index (χ0) is 14.0. The first-order valence-corrected chi connectivity index (χ1v) is 7.96. The lowest BCUT2D eigenvalue weighted by molar-refractivity contribution is 0.573. The largest absolute Gasteiger partial charge is 0.384 e. The van der Waals surface area contributed by atoms with Gasteiger partial charge in [-0.05, 0) is 24.1 Å². The van der Waals surface area contributed by atoms with Crippen molar-refractivity contribution in [3.05, 3.63) is 42.5 Å². The average molecular weight is 292 g/mol. The predicted octanol–water partition coefficient (Wildman–Crippen LogP) is 0.830. The van der Waals surface area contributed by atoms with Crippen LogP contribution in [0.25, 0.3) is 0 Å². The van der Waals surface area contributed by atoms with Crippen molar-refractivity contribution in [1.82, 2.24) is 14.3 Å². The number of nitrogens with zero attached hydrogens (tertiary/aromatic N) is 2. The van der Waals surface area contributed by atoms with Crippen molar-refractivity contribution >= 4 is 15.7 Å². The van der Waals surface area contributed by atoms with Crippen LogP contribution < -0.4 is 10.0 Å². The van der Waals surface area contributed by atoms with Crippen LogP contribution in [-0.4, -0.2) is 31.1 Å². The van der Waals surface area contributed by atoms with E-state index in [1.54, 1.807) is 30.9 Å². The maximum atomic E-state index is 12.2. The SMILES string of the molecule is O=S(=O)(NCCn1ccnc1)c1ccc2c(c1)NCC2. The molecule has 0 amide bonds. The van der Waals surface area contributed by atoms with E-state index in [9.17, 15) is 8.42 Å². The topological polar surface area (TPSA) is 76.0 Å². The second-order valence-corrected chi connectivity index (χ2v) is 6.46. The Kier molecular flexibility index (Phi) is 3.45. The molecule has 1 aliphatic heterocycles. The first-order chi connectivity index (χ1) is 9.65. The van der Waals surface area contributed by atoms with Gasteiger partial charge in [-0.15, -0.1) is 0 Å². The van der Waals surface area contributed by atoms with E-state index in [0.29, 0.717) is 18.0 Å². The van der Waals surface area contributed by atoms with E-state index in [4.69, 9.17) is 0 Å². The summed E-state index contributed by atoms with van der Waals surface area (Å²) in [5.41, 5.74) is 2.09. The maximum absolute atomic E-state index is 12.2. The Balaban J connectivity index is 1.68. The number of fused-ring (bicyclic) bond motifs is 1. The van der Waals surface area contributed by atoms with E-state index >= 15 is 0 Å². The van der Waals surface area contributed by atoms with Crippen molar-refractivity contribution in [2.75, 3.05) is 18.4 Å². The normalized spacial score (nSPS) is 14.0. The first kappa shape index (κ1) is 13.1. The summed E-state index contributed by atoms with van der Waals surface area (Å²) in [5.74, 6) is 0. The number of rotatable bonds is 5. The van der Waals surface area contributed by atoms with E-state index in [1.165, 1.54) is 5.56 Å². The van der Waals surface area contributed by atoms with Gasteiger partial charge in [0.2, 0.25) is 10.0 Å². The Morgan fingerprint density at radius 1 is 1.40 bits per heavy atom. The quantitative estimate of drug-likeness (QED) is 0.856. The van der Waals surface area contributed by atoms with Crippen LogP contribution in [0.15, 0.2) is 41.8 Å². The fourth-order valence-electron chi connectivity index (χ4n) is 2.25. The molecule has 2 N–H and O–H groups in total. The standard InChI is InChI=1S/C13H16N4O2S/c18-20(19,16-6-8-17-7-5-14-10-17)12-2-1-11-3-4-15-13(11)9-12/h1-2,5,7,9-10,15-16H,3-4,6,8H2. The summed E-state index contributed by atoms with van der Waals surface area (Å²) in [6.45, 7) is 1.76. The third-order valence-corrected chi connectivity index (χ3v) is 4.78. The fourth-order valence-corrected chi connectivity index (χ4v) is 3.30. The number of imidazole rings is 1. The molecule has 2 heterocycles. The number of nitrogens with one attached hydrogen (secondary N) is 2. The molecule has 7 heteroatoms. The molecule has 2 aromatic rings. The zero-order valence-corrected chi connectivity index (χ0v) is 11.7. The third-order valence-electron chi connectivity index (χ3n) is 3.32. The summed E-state index contributed by atoms with van der Waals surface area (Å²) >= 11 is 0. The van der Waals surface area contributed by atoms with Crippen molar-refractivity contribution in [2.45, 2.75) is 17.9 Å². The van der Waals surface area contributed by atoms with Crippen LogP contribution in [-0.2, 0) is 23.0 Å². The van der Waals surface area contributed by atoms with Crippen molar-refractivity contribution in [3.63, 3.8) is 0 Å². The molecule has 20 heavy (non-hydrogen) atoms. The van der Waals surface area contributed by atoms with Gasteiger partial charge in [-0.25, -0.2) is 18.1 Å². The molecular formula is C13H16N4O2S. The van der Waals surface area contributed by atoms with Gasteiger partial charge in [0, 0.05) is 37.7 Å². The van der Waals surface area contributed by atoms with Crippen LogP contribution in [0.4, 0.5) is 5.69 Å². The molecule has 1 aromatic carbocycles. The Labute approximate surface area is 117 Å². The van der Waals surface area contributed by atoms with Crippen LogP contribution >= 0.6 is 0 Å². The van der Waals surface area contributed by atoms with Gasteiger partial charge in [-0.1, -0.05) is 6.07 Å². The van der Waals surface area contributed by atoms with Gasteiger partial charge >= 0.3 is 0 Å². The molecule has 0 radical (unpaired) electrons. The summed E-state index contributed by atoms with van der Waals surface area (Å²) < 4.78 is 28.8. The smallest absolute Gasteiger partial charge is 0.240 e. The van der Waals surface area contributed by atoms with Crippen molar-refractivity contribution in [2.24, 2.45) is 0 Å². The molecule has 6 nitrogen and oxygen atoms in total. The highest BCUT2D eigenvalue weighted by atomic mass is 32.2. The number of hydrogen-bond acceptors (Lipinski definition) is 4. The number of anilines is 1. The Hall–Kier alpha value is -1.86. The second kappa shape index (κ2) is 5.26. The Bertz CT molecular complexity index is 695. The molecule has 0 aliphatic carbocycles. The van der Waals surface area contributed by atoms with Gasteiger partial charge in [-0.2, -0.15) is 0 Å². The van der Waals surface area contributed by atoms with Crippen molar-refractivity contribution < 1.29 is 8.42 Å². The third kappa shape index (κ3) is 2.68. The number of sulfonamides is 1. The highest BCUT2D eigenvalue weighted by Crippen LogP contribution is 2.25. The van der Waals surface area contributed by atoms with Crippen LogP contribution in [0, 0.1) is 0 Å². The van der Waals surface area contributed by atoms with Crippen molar-refractivity contribution in [1.29, 1.82) is 0 Å². The van der Waals surface area contributed by atoms with E-state index in [0.717, 1.165) is 18.7 Å². The molecule has 0 unspecified atom stereocenters. The molecule has 106 valence electrons. The molecule has 3 rings (SSSR count). The van der Waals surface area contributed by atoms with Gasteiger partial charge < -0.3 is 9.88 Å². The monoisotopic (exact) mass is 292 g/mol. The second-order valence-electron chi connectivity index (χ2n) is 4.69. The zero-order valence-electron chi connectivity index (χ0n) is 10.9. The number of hydrogen-bond donors (Lipinski definition) is 2. The molecular weight excluding hydrogens is 276 g/mol. The number of benzene rings is 1. The van der Waals surface area contributed by atoms with Gasteiger partial charge in [-0.3, -0.25) is 0 Å². The van der Waals surface area contributed by atoms with E-state index < -0.39 is 10.0 Å². The van der Waals surface area contributed by atoms with Gasteiger partial charge in [0.05, 0.1) is 11.2 Å². The maximum Gasteiger partial charge on any atom is 0.240 e. The van der Waals surface area contributed by atoms with E-state index in [1.807, 2.05) is 10.6 Å². The van der Waals surface area contributed by atoms with Crippen molar-refractivity contribution in [3.8, 4) is 0 Å². The van der Waals surface area contributed by atoms with E-state index in [-0.39, 0.29) is 0 Å². The summed E-state index contributed by atoms with van der Waals surface area (Å²) in [6.07, 6.45) is 6.08. The summed E-state index contributed by atoms with van der Waals surface area (Å²) in [4.78, 5) is 4.21. The van der Waals surface area contributed by atoms with E-state index in [2.05, 4.69) is 15.0 Å². The fraction of sp³-hybridized carbons (Fsp3) is 0.308. The van der Waals surface area contributed by atoms with Gasteiger partial charge in [0.25, 0.3) is 0 Å². The Morgan fingerprint density at radius 2 is 2.30 bits per heavy atom. The van der Waals surface area contributed by atoms with Crippen LogP contribution in [0.2, 0.25) is 0 Å². The van der Waals surface area contributed by atoms with Crippen LogP contribution in [0.5, 0.6) is 0 Å². The highest BCUT2D eigenvalue weighted by molar-refractivity contribution is 7.89. The lowest BCUT2D eigenvalue weighted by Gasteiger charge is -2.09. The minimum Gasteiger partial charge on any atom is -0.384 e. The lowest BCUT2D eigenvalue weighted by Crippen LogP contribution is -2.27. The van der Waals surface area contributed by atoms with Gasteiger partial charge in [0.1, 0.15) is 0 Å². The molecule has 0 spiro atoms. The molecule has 0 saturated carbocycles. The lowest BCUT2D eigenvalue weighted by atomic mass is 10.2. The number of aromatic nitrogens is 2.